The molecule has 2 aromatic rings. The molecule has 1 aliphatic rings. The molecule has 4 nitrogen and oxygen atoms in total. The molecule has 0 radical (unpaired) electrons. The predicted octanol–water partition coefficient (Wildman–Crippen LogP) is 2.43. The summed E-state index contributed by atoms with van der Waals surface area (Å²) in [6.07, 6.45) is 3.07. The molecule has 3 rings (SSSR count). The van der Waals surface area contributed by atoms with Gasteiger partial charge in [-0.25, -0.2) is 0 Å². The summed E-state index contributed by atoms with van der Waals surface area (Å²) in [4.78, 5) is 11.8. The second kappa shape index (κ2) is 9.83. The number of ether oxygens (including phenoxy) is 2. The van der Waals surface area contributed by atoms with Crippen LogP contribution in [0.25, 0.3) is 0 Å². The number of benzene rings is 2. The second-order valence-corrected chi connectivity index (χ2v) is 9.48. The van der Waals surface area contributed by atoms with Gasteiger partial charge in [0.25, 0.3) is 0 Å². The van der Waals surface area contributed by atoms with Crippen molar-refractivity contribution in [2.45, 2.75) is 38.2 Å². The summed E-state index contributed by atoms with van der Waals surface area (Å²) in [5.41, 5.74) is -0.516. The van der Waals surface area contributed by atoms with Gasteiger partial charge in [0.15, 0.2) is 0 Å². The van der Waals surface area contributed by atoms with Crippen molar-refractivity contribution < 1.29 is 18.7 Å². The molecule has 1 fully saturated rings. The molecule has 1 atom stereocenters. The van der Waals surface area contributed by atoms with E-state index >= 15 is 0 Å². The molecule has 1 saturated heterocycles. The molecule has 1 heterocycles. The van der Waals surface area contributed by atoms with Gasteiger partial charge in [-0.3, -0.25) is 4.79 Å². The number of rotatable bonds is 9. The minimum atomic E-state index is -1.83. The summed E-state index contributed by atoms with van der Waals surface area (Å²) in [5, 5.41) is 2.47. The minimum Gasteiger partial charge on any atom is -0.463 e. The first kappa shape index (κ1) is 19.8. The molecule has 0 N–H and O–H groups in total. The Hall–Kier alpha value is -1.95. The van der Waals surface area contributed by atoms with Crippen molar-refractivity contribution in [1.82, 2.24) is 0 Å². The van der Waals surface area contributed by atoms with Crippen LogP contribution < -0.4 is 10.4 Å². The van der Waals surface area contributed by atoms with Crippen molar-refractivity contribution in [3.8, 4) is 0 Å². The van der Waals surface area contributed by atoms with Gasteiger partial charge in [0.2, 0.25) is 9.04 Å². The highest BCUT2D eigenvalue weighted by Crippen LogP contribution is 2.27. The number of carbonyl (C=O) groups excluding carboxylic acids is 1. The number of hydrogen-bond donors (Lipinski definition) is 0. The third kappa shape index (κ3) is 5.51. The highest BCUT2D eigenvalue weighted by molar-refractivity contribution is 6.80. The number of carbonyl (C=O) groups is 1. The zero-order valence-corrected chi connectivity index (χ0v) is 17.1. The molecule has 144 valence electrons. The first-order chi connectivity index (χ1) is 13.2. The van der Waals surface area contributed by atoms with Crippen LogP contribution in [0.1, 0.15) is 32.6 Å². The lowest BCUT2D eigenvalue weighted by atomic mass is 10.0. The Balaban J connectivity index is 1.72. The lowest BCUT2D eigenvalue weighted by molar-refractivity contribution is -0.154. The van der Waals surface area contributed by atoms with Crippen molar-refractivity contribution in [3.63, 3.8) is 0 Å². The van der Waals surface area contributed by atoms with Crippen LogP contribution in [0.5, 0.6) is 0 Å². The standard InChI is InChI=1S/C22H28O4Si/c1-2-10-21(23)24-17-22(15-9-16-25-22)18-26-27(19-11-5-3-6-12-19)20-13-7-4-8-14-20/h3-8,11-14,27H,2,9-10,15-18H2,1H3/t22-/m0/s1. The predicted molar refractivity (Wildman–Crippen MR) is 109 cm³/mol. The molecule has 0 aliphatic carbocycles. The molecule has 0 amide bonds. The molecular formula is C22H28O4Si. The molecule has 5 heteroatoms. The van der Waals surface area contributed by atoms with Crippen LogP contribution in [0.2, 0.25) is 0 Å². The fraction of sp³-hybridized carbons (Fsp3) is 0.409. The monoisotopic (exact) mass is 384 g/mol. The van der Waals surface area contributed by atoms with Crippen LogP contribution in [0.15, 0.2) is 60.7 Å². The van der Waals surface area contributed by atoms with Crippen LogP contribution >= 0.6 is 0 Å². The largest absolute Gasteiger partial charge is 0.463 e. The van der Waals surface area contributed by atoms with Crippen molar-refractivity contribution in [2.24, 2.45) is 0 Å². The third-order valence-electron chi connectivity index (χ3n) is 4.85. The highest BCUT2D eigenvalue weighted by atomic mass is 28.3. The normalized spacial score (nSPS) is 19.3. The SMILES string of the molecule is CCCC(=O)OC[C@]1(CO[SiH](c2ccccc2)c2ccccc2)CCCO1. The van der Waals surface area contributed by atoms with Gasteiger partial charge in [0.1, 0.15) is 12.2 Å². The van der Waals surface area contributed by atoms with Gasteiger partial charge in [-0.2, -0.15) is 0 Å². The Morgan fingerprint density at radius 3 is 2.19 bits per heavy atom. The van der Waals surface area contributed by atoms with Crippen LogP contribution in [0.3, 0.4) is 0 Å². The van der Waals surface area contributed by atoms with Gasteiger partial charge in [0, 0.05) is 13.0 Å². The molecular weight excluding hydrogens is 356 g/mol. The average Bonchev–Trinajstić information content (AvgIpc) is 3.18. The maximum Gasteiger partial charge on any atom is 0.305 e. The highest BCUT2D eigenvalue weighted by Gasteiger charge is 2.38. The molecule has 27 heavy (non-hydrogen) atoms. The smallest absolute Gasteiger partial charge is 0.305 e. The van der Waals surface area contributed by atoms with Gasteiger partial charge in [-0.1, -0.05) is 67.6 Å². The fourth-order valence-electron chi connectivity index (χ4n) is 3.39. The van der Waals surface area contributed by atoms with E-state index in [1.807, 2.05) is 19.1 Å². The number of hydrogen-bond acceptors (Lipinski definition) is 4. The van der Waals surface area contributed by atoms with Crippen LogP contribution in [-0.2, 0) is 18.7 Å². The zero-order valence-electron chi connectivity index (χ0n) is 15.9. The lowest BCUT2D eigenvalue weighted by Crippen LogP contribution is -2.49. The quantitative estimate of drug-likeness (QED) is 0.492. The summed E-state index contributed by atoms with van der Waals surface area (Å²) in [6.45, 7) is 3.39. The Morgan fingerprint density at radius 2 is 1.67 bits per heavy atom. The summed E-state index contributed by atoms with van der Waals surface area (Å²) < 4.78 is 18.0. The van der Waals surface area contributed by atoms with E-state index in [9.17, 15) is 4.79 Å². The minimum absolute atomic E-state index is 0.160. The summed E-state index contributed by atoms with van der Waals surface area (Å²) >= 11 is 0. The Kier molecular flexibility index (Phi) is 7.21. The van der Waals surface area contributed by atoms with Crippen molar-refractivity contribution in [1.29, 1.82) is 0 Å². The lowest BCUT2D eigenvalue weighted by Gasteiger charge is -2.30. The van der Waals surface area contributed by atoms with E-state index in [-0.39, 0.29) is 12.6 Å². The summed E-state index contributed by atoms with van der Waals surface area (Å²) in [5.74, 6) is -0.160. The number of esters is 1. The molecule has 0 bridgehead atoms. The molecule has 0 unspecified atom stereocenters. The second-order valence-electron chi connectivity index (χ2n) is 7.06. The molecule has 0 saturated carbocycles. The van der Waals surface area contributed by atoms with E-state index in [2.05, 4.69) is 48.5 Å². The van der Waals surface area contributed by atoms with Crippen LogP contribution in [0, 0.1) is 0 Å². The van der Waals surface area contributed by atoms with Crippen molar-refractivity contribution in [3.05, 3.63) is 60.7 Å². The Morgan fingerprint density at radius 1 is 1.04 bits per heavy atom. The van der Waals surface area contributed by atoms with E-state index in [4.69, 9.17) is 13.9 Å². The van der Waals surface area contributed by atoms with Crippen molar-refractivity contribution in [2.75, 3.05) is 19.8 Å². The zero-order chi connectivity index (χ0) is 19.0. The first-order valence-corrected chi connectivity index (χ1v) is 11.4. The van der Waals surface area contributed by atoms with E-state index < -0.39 is 14.6 Å². The maximum atomic E-state index is 11.8. The average molecular weight is 385 g/mol. The van der Waals surface area contributed by atoms with Crippen LogP contribution in [-0.4, -0.2) is 40.4 Å². The van der Waals surface area contributed by atoms with Gasteiger partial charge in [-0.05, 0) is 29.6 Å². The van der Waals surface area contributed by atoms with Gasteiger partial charge in [-0.15, -0.1) is 0 Å². The fourth-order valence-corrected chi connectivity index (χ4v) is 5.77. The van der Waals surface area contributed by atoms with Crippen molar-refractivity contribution >= 4 is 25.4 Å². The molecule has 0 aromatic heterocycles. The molecule has 0 spiro atoms. The van der Waals surface area contributed by atoms with E-state index in [1.54, 1.807) is 0 Å². The Labute approximate surface area is 163 Å². The van der Waals surface area contributed by atoms with Gasteiger partial charge >= 0.3 is 5.97 Å². The maximum absolute atomic E-state index is 11.8. The molecule has 1 aliphatic heterocycles. The first-order valence-electron chi connectivity index (χ1n) is 9.73. The van der Waals surface area contributed by atoms with Gasteiger partial charge < -0.3 is 13.9 Å². The van der Waals surface area contributed by atoms with Gasteiger partial charge in [0.05, 0.1) is 6.61 Å². The summed E-state index contributed by atoms with van der Waals surface area (Å²) in [6, 6.07) is 20.8. The topological polar surface area (TPSA) is 44.8 Å². The Bertz CT molecular complexity index is 659. The molecule has 2 aromatic carbocycles. The van der Waals surface area contributed by atoms with E-state index in [1.165, 1.54) is 10.4 Å². The summed E-state index contributed by atoms with van der Waals surface area (Å²) in [7, 11) is -1.83. The van der Waals surface area contributed by atoms with E-state index in [0.29, 0.717) is 19.6 Å². The third-order valence-corrected chi connectivity index (χ3v) is 7.33. The van der Waals surface area contributed by atoms with E-state index in [0.717, 1.165) is 19.3 Å². The van der Waals surface area contributed by atoms with Crippen LogP contribution in [0.4, 0.5) is 0 Å².